The molecule has 2 rings (SSSR count). The maximum atomic E-state index is 5.64. The number of hydrogen-bond donors (Lipinski definition) is 0. The van der Waals surface area contributed by atoms with Crippen LogP contribution in [-0.2, 0) is 9.47 Å². The Morgan fingerprint density at radius 1 is 1.17 bits per heavy atom. The summed E-state index contributed by atoms with van der Waals surface area (Å²) in [5.74, 6) is 0. The van der Waals surface area contributed by atoms with Crippen LogP contribution in [0.15, 0.2) is 0 Å². The van der Waals surface area contributed by atoms with Crippen LogP contribution in [0.5, 0.6) is 0 Å². The Balaban J connectivity index is 1.80. The average Bonchev–Trinajstić information content (AvgIpc) is 2.21. The summed E-state index contributed by atoms with van der Waals surface area (Å²) in [5.41, 5.74) is 0. The first-order chi connectivity index (χ1) is 5.97. The van der Waals surface area contributed by atoms with Gasteiger partial charge in [-0.1, -0.05) is 0 Å². The van der Waals surface area contributed by atoms with E-state index in [-0.39, 0.29) is 0 Å². The van der Waals surface area contributed by atoms with E-state index < -0.39 is 0 Å². The zero-order valence-corrected chi connectivity index (χ0v) is 7.37. The van der Waals surface area contributed by atoms with Gasteiger partial charge in [0.05, 0.1) is 25.4 Å². The standard InChI is InChI=1S/C9H16NO2/c1-2-5-12-9(3-1)8-7-11-6-4-10-8/h8-9H,1-7H2. The molecule has 0 aromatic carbocycles. The van der Waals surface area contributed by atoms with E-state index in [1.54, 1.807) is 0 Å². The lowest BCUT2D eigenvalue weighted by Crippen LogP contribution is -2.46. The van der Waals surface area contributed by atoms with Crippen LogP contribution in [0.25, 0.3) is 0 Å². The summed E-state index contributed by atoms with van der Waals surface area (Å²) in [6.45, 7) is 3.33. The molecule has 2 fully saturated rings. The molecule has 0 spiro atoms. The summed E-state index contributed by atoms with van der Waals surface area (Å²) >= 11 is 0. The molecule has 12 heavy (non-hydrogen) atoms. The van der Waals surface area contributed by atoms with Crippen molar-refractivity contribution < 1.29 is 9.47 Å². The van der Waals surface area contributed by atoms with Gasteiger partial charge in [-0.3, -0.25) is 0 Å². The molecule has 0 N–H and O–H groups in total. The predicted octanol–water partition coefficient (Wildman–Crippen LogP) is 0.559. The molecule has 3 nitrogen and oxygen atoms in total. The van der Waals surface area contributed by atoms with Crippen LogP contribution in [0.4, 0.5) is 0 Å². The van der Waals surface area contributed by atoms with Crippen molar-refractivity contribution in [2.75, 3.05) is 26.4 Å². The molecule has 0 saturated carbocycles. The van der Waals surface area contributed by atoms with E-state index in [2.05, 4.69) is 5.32 Å². The number of morpholine rings is 1. The molecule has 3 heteroatoms. The first-order valence-electron chi connectivity index (χ1n) is 4.83. The summed E-state index contributed by atoms with van der Waals surface area (Å²) in [4.78, 5) is 0. The fourth-order valence-electron chi connectivity index (χ4n) is 1.83. The zero-order chi connectivity index (χ0) is 8.23. The van der Waals surface area contributed by atoms with Crippen LogP contribution in [0.3, 0.4) is 0 Å². The molecule has 0 aliphatic carbocycles. The summed E-state index contributed by atoms with van der Waals surface area (Å²) in [6, 6.07) is 0.319. The molecular weight excluding hydrogens is 154 g/mol. The van der Waals surface area contributed by atoms with Crippen molar-refractivity contribution in [3.05, 3.63) is 0 Å². The molecule has 0 aromatic rings. The number of nitrogens with zero attached hydrogens (tertiary/aromatic N) is 1. The van der Waals surface area contributed by atoms with Crippen LogP contribution >= 0.6 is 0 Å². The predicted molar refractivity (Wildman–Crippen MR) is 45.2 cm³/mol. The van der Waals surface area contributed by atoms with Gasteiger partial charge in [0.25, 0.3) is 0 Å². The van der Waals surface area contributed by atoms with Crippen LogP contribution < -0.4 is 5.32 Å². The van der Waals surface area contributed by atoms with Gasteiger partial charge in [-0.2, -0.15) is 0 Å². The topological polar surface area (TPSA) is 32.6 Å². The van der Waals surface area contributed by atoms with E-state index in [0.717, 1.165) is 32.8 Å². The lowest BCUT2D eigenvalue weighted by atomic mass is 10.0. The van der Waals surface area contributed by atoms with Gasteiger partial charge < -0.3 is 9.47 Å². The third-order valence-electron chi connectivity index (χ3n) is 2.53. The molecule has 2 aliphatic heterocycles. The Morgan fingerprint density at radius 2 is 2.17 bits per heavy atom. The highest BCUT2D eigenvalue weighted by molar-refractivity contribution is 4.80. The van der Waals surface area contributed by atoms with Crippen molar-refractivity contribution >= 4 is 0 Å². The van der Waals surface area contributed by atoms with E-state index >= 15 is 0 Å². The SMILES string of the molecule is C1CCC(C2COCC[N]2)OC1. The highest BCUT2D eigenvalue weighted by atomic mass is 16.5. The molecule has 0 aromatic heterocycles. The minimum Gasteiger partial charge on any atom is -0.378 e. The van der Waals surface area contributed by atoms with Gasteiger partial charge >= 0.3 is 0 Å². The van der Waals surface area contributed by atoms with Gasteiger partial charge in [0, 0.05) is 13.2 Å². The Morgan fingerprint density at radius 3 is 2.83 bits per heavy atom. The number of hydrogen-bond acceptors (Lipinski definition) is 2. The molecule has 2 unspecified atom stereocenters. The largest absolute Gasteiger partial charge is 0.378 e. The van der Waals surface area contributed by atoms with Gasteiger partial charge in [-0.25, -0.2) is 5.32 Å². The maximum Gasteiger partial charge on any atom is 0.0766 e. The molecule has 2 saturated heterocycles. The second-order valence-electron chi connectivity index (χ2n) is 3.45. The fourth-order valence-corrected chi connectivity index (χ4v) is 1.83. The van der Waals surface area contributed by atoms with Crippen LogP contribution in [-0.4, -0.2) is 38.5 Å². The van der Waals surface area contributed by atoms with Crippen molar-refractivity contribution in [1.29, 1.82) is 0 Å². The van der Waals surface area contributed by atoms with Crippen LogP contribution in [0.1, 0.15) is 19.3 Å². The molecule has 2 aliphatic rings. The third kappa shape index (κ3) is 1.97. The zero-order valence-electron chi connectivity index (χ0n) is 7.37. The monoisotopic (exact) mass is 170 g/mol. The van der Waals surface area contributed by atoms with E-state index in [9.17, 15) is 0 Å². The van der Waals surface area contributed by atoms with E-state index in [0.29, 0.717) is 12.1 Å². The summed E-state index contributed by atoms with van der Waals surface area (Å²) in [5, 5.41) is 4.50. The minimum atomic E-state index is 0.319. The number of ether oxygens (including phenoxy) is 2. The van der Waals surface area contributed by atoms with Gasteiger partial charge in [-0.05, 0) is 19.3 Å². The lowest BCUT2D eigenvalue weighted by Gasteiger charge is -2.32. The van der Waals surface area contributed by atoms with E-state index in [1.165, 1.54) is 12.8 Å². The molecule has 2 atom stereocenters. The molecule has 1 radical (unpaired) electrons. The highest BCUT2D eigenvalue weighted by Gasteiger charge is 2.26. The van der Waals surface area contributed by atoms with Crippen LogP contribution in [0.2, 0.25) is 0 Å². The Kier molecular flexibility index (Phi) is 2.98. The average molecular weight is 170 g/mol. The van der Waals surface area contributed by atoms with Crippen molar-refractivity contribution in [2.45, 2.75) is 31.4 Å². The normalized spacial score (nSPS) is 38.0. The molecule has 2 heterocycles. The Labute approximate surface area is 73.4 Å². The van der Waals surface area contributed by atoms with E-state index in [1.807, 2.05) is 0 Å². The van der Waals surface area contributed by atoms with Crippen molar-refractivity contribution in [3.8, 4) is 0 Å². The first kappa shape index (κ1) is 8.48. The molecule has 0 bridgehead atoms. The second kappa shape index (κ2) is 4.21. The van der Waals surface area contributed by atoms with Gasteiger partial charge in [-0.15, -0.1) is 0 Å². The van der Waals surface area contributed by atoms with Crippen molar-refractivity contribution in [2.24, 2.45) is 0 Å². The molecular formula is C9H16NO2. The summed E-state index contributed by atoms with van der Waals surface area (Å²) in [7, 11) is 0. The number of rotatable bonds is 1. The van der Waals surface area contributed by atoms with Crippen molar-refractivity contribution in [3.63, 3.8) is 0 Å². The lowest BCUT2D eigenvalue weighted by molar-refractivity contribution is -0.0464. The fraction of sp³-hybridized carbons (Fsp3) is 1.00. The van der Waals surface area contributed by atoms with Gasteiger partial charge in [0.15, 0.2) is 0 Å². The quantitative estimate of drug-likeness (QED) is 0.576. The Hall–Kier alpha value is -0.120. The van der Waals surface area contributed by atoms with Gasteiger partial charge in [0.2, 0.25) is 0 Å². The third-order valence-corrected chi connectivity index (χ3v) is 2.53. The van der Waals surface area contributed by atoms with Crippen molar-refractivity contribution in [1.82, 2.24) is 5.32 Å². The summed E-state index contributed by atoms with van der Waals surface area (Å²) < 4.78 is 11.0. The smallest absolute Gasteiger partial charge is 0.0766 e. The van der Waals surface area contributed by atoms with Crippen LogP contribution in [0, 0.1) is 0 Å². The van der Waals surface area contributed by atoms with Gasteiger partial charge in [0.1, 0.15) is 0 Å². The first-order valence-corrected chi connectivity index (χ1v) is 4.83. The maximum absolute atomic E-state index is 5.64. The minimum absolute atomic E-state index is 0.319. The highest BCUT2D eigenvalue weighted by Crippen LogP contribution is 2.17. The summed E-state index contributed by atoms with van der Waals surface area (Å²) in [6.07, 6.45) is 4.01. The van der Waals surface area contributed by atoms with E-state index in [4.69, 9.17) is 9.47 Å². The second-order valence-corrected chi connectivity index (χ2v) is 3.45. The Bertz CT molecular complexity index is 112. The molecule has 69 valence electrons. The molecule has 0 amide bonds.